The molecule has 0 unspecified atom stereocenters. The van der Waals surface area contributed by atoms with Crippen molar-refractivity contribution in [3.8, 4) is 5.88 Å². The van der Waals surface area contributed by atoms with Gasteiger partial charge in [0.25, 0.3) is 0 Å². The van der Waals surface area contributed by atoms with Crippen molar-refractivity contribution in [2.45, 2.75) is 72.1 Å². The number of hydrogen-bond donors (Lipinski definition) is 2. The van der Waals surface area contributed by atoms with E-state index in [1.807, 2.05) is 0 Å². The van der Waals surface area contributed by atoms with Crippen LogP contribution in [0.5, 0.6) is 5.88 Å². The van der Waals surface area contributed by atoms with E-state index in [2.05, 4.69) is 36.1 Å². The minimum Gasteiger partial charge on any atom is -0.476 e. The zero-order valence-corrected chi connectivity index (χ0v) is 14.5. The highest BCUT2D eigenvalue weighted by Gasteiger charge is 2.12. The second-order valence-electron chi connectivity index (χ2n) is 5.65. The summed E-state index contributed by atoms with van der Waals surface area (Å²) in [5, 5.41) is 3.35. The molecule has 5 nitrogen and oxygen atoms in total. The maximum absolute atomic E-state index is 6.16. The molecule has 0 aliphatic carbocycles. The van der Waals surface area contributed by atoms with Crippen LogP contribution in [0.4, 0.5) is 11.5 Å². The van der Waals surface area contributed by atoms with Crippen molar-refractivity contribution < 1.29 is 4.74 Å². The van der Waals surface area contributed by atoms with Gasteiger partial charge in [-0.05, 0) is 19.3 Å². The molecule has 0 spiro atoms. The molecule has 0 aromatic carbocycles. The fraction of sp³-hybridized carbons (Fsp3) is 0.765. The number of anilines is 2. The quantitative estimate of drug-likeness (QED) is 0.567. The van der Waals surface area contributed by atoms with Gasteiger partial charge in [-0.2, -0.15) is 4.98 Å². The number of ether oxygens (including phenoxy) is 1. The number of nitrogens with zero attached hydrogens (tertiary/aromatic N) is 2. The Morgan fingerprint density at radius 3 is 2.41 bits per heavy atom. The summed E-state index contributed by atoms with van der Waals surface area (Å²) in [4.78, 5) is 9.00. The first-order valence-corrected chi connectivity index (χ1v) is 8.75. The topological polar surface area (TPSA) is 73.1 Å². The van der Waals surface area contributed by atoms with Gasteiger partial charge in [-0.15, -0.1) is 0 Å². The van der Waals surface area contributed by atoms with E-state index < -0.39 is 0 Å². The zero-order valence-electron chi connectivity index (χ0n) is 14.5. The second kappa shape index (κ2) is 11.1. The van der Waals surface area contributed by atoms with Gasteiger partial charge < -0.3 is 15.8 Å². The van der Waals surface area contributed by atoms with Crippen molar-refractivity contribution >= 4 is 11.5 Å². The molecule has 5 heteroatoms. The van der Waals surface area contributed by atoms with Gasteiger partial charge in [-0.25, -0.2) is 4.98 Å². The number of nitrogens with one attached hydrogen (secondary N) is 1. The van der Waals surface area contributed by atoms with Crippen molar-refractivity contribution in [3.63, 3.8) is 0 Å². The molecule has 1 heterocycles. The van der Waals surface area contributed by atoms with E-state index in [1.165, 1.54) is 19.3 Å². The largest absolute Gasteiger partial charge is 0.476 e. The molecule has 0 saturated carbocycles. The van der Waals surface area contributed by atoms with E-state index in [-0.39, 0.29) is 0 Å². The van der Waals surface area contributed by atoms with Crippen LogP contribution in [0, 0.1) is 0 Å². The molecule has 0 fully saturated rings. The molecule has 3 N–H and O–H groups in total. The lowest BCUT2D eigenvalue weighted by molar-refractivity contribution is 0.298. The molecule has 0 radical (unpaired) electrons. The van der Waals surface area contributed by atoms with Crippen LogP contribution in [0.15, 0.2) is 0 Å². The predicted molar refractivity (Wildman–Crippen MR) is 93.5 cm³/mol. The Morgan fingerprint density at radius 2 is 1.73 bits per heavy atom. The van der Waals surface area contributed by atoms with Crippen LogP contribution in [-0.2, 0) is 6.42 Å². The van der Waals surface area contributed by atoms with E-state index in [4.69, 9.17) is 10.5 Å². The lowest BCUT2D eigenvalue weighted by atomic mass is 10.2. The maximum atomic E-state index is 6.16. The molecule has 0 amide bonds. The van der Waals surface area contributed by atoms with Crippen LogP contribution in [0.25, 0.3) is 0 Å². The number of rotatable bonds is 12. The Labute approximate surface area is 135 Å². The third-order valence-corrected chi connectivity index (χ3v) is 3.49. The Kier molecular flexibility index (Phi) is 9.35. The molecule has 1 rings (SSSR count). The van der Waals surface area contributed by atoms with Crippen LogP contribution >= 0.6 is 0 Å². The van der Waals surface area contributed by atoms with Crippen molar-refractivity contribution in [2.24, 2.45) is 0 Å². The number of nitrogens with two attached hydrogens (primary N) is 1. The Morgan fingerprint density at radius 1 is 0.955 bits per heavy atom. The molecular weight excluding hydrogens is 276 g/mol. The first-order valence-electron chi connectivity index (χ1n) is 8.75. The Hall–Kier alpha value is -1.52. The molecule has 0 bridgehead atoms. The van der Waals surface area contributed by atoms with Crippen LogP contribution in [0.3, 0.4) is 0 Å². The van der Waals surface area contributed by atoms with E-state index in [9.17, 15) is 0 Å². The monoisotopic (exact) mass is 308 g/mol. The Balaban J connectivity index is 2.70. The van der Waals surface area contributed by atoms with E-state index in [1.54, 1.807) is 0 Å². The zero-order chi connectivity index (χ0) is 16.2. The molecule has 1 aromatic heterocycles. The van der Waals surface area contributed by atoms with E-state index in [0.717, 1.165) is 50.3 Å². The highest BCUT2D eigenvalue weighted by Crippen LogP contribution is 2.26. The molecule has 0 aliphatic heterocycles. The normalized spacial score (nSPS) is 10.7. The summed E-state index contributed by atoms with van der Waals surface area (Å²) in [7, 11) is 0. The summed E-state index contributed by atoms with van der Waals surface area (Å²) in [6, 6.07) is 0. The summed E-state index contributed by atoms with van der Waals surface area (Å²) < 4.78 is 5.73. The van der Waals surface area contributed by atoms with Crippen LogP contribution in [-0.4, -0.2) is 23.1 Å². The van der Waals surface area contributed by atoms with Gasteiger partial charge in [0.15, 0.2) is 5.82 Å². The lowest BCUT2D eigenvalue weighted by Gasteiger charge is -2.14. The van der Waals surface area contributed by atoms with Gasteiger partial charge in [0, 0.05) is 13.0 Å². The molecule has 0 saturated heterocycles. The average Bonchev–Trinajstić information content (AvgIpc) is 2.51. The van der Waals surface area contributed by atoms with Gasteiger partial charge >= 0.3 is 0 Å². The summed E-state index contributed by atoms with van der Waals surface area (Å²) in [6.45, 7) is 8.01. The third kappa shape index (κ3) is 6.50. The first kappa shape index (κ1) is 18.5. The van der Waals surface area contributed by atoms with Crippen LogP contribution in [0.1, 0.15) is 71.5 Å². The molecule has 0 aliphatic rings. The second-order valence-corrected chi connectivity index (χ2v) is 5.65. The minimum absolute atomic E-state index is 0.531. The van der Waals surface area contributed by atoms with Gasteiger partial charge in [0.05, 0.1) is 6.61 Å². The number of unbranched alkanes of at least 4 members (excludes halogenated alkanes) is 4. The molecule has 22 heavy (non-hydrogen) atoms. The maximum Gasteiger partial charge on any atom is 0.242 e. The number of nitrogen functional groups attached to an aromatic ring is 1. The van der Waals surface area contributed by atoms with Gasteiger partial charge in [0.2, 0.25) is 5.88 Å². The number of hydrogen-bond acceptors (Lipinski definition) is 5. The molecular formula is C17H32N4O. The first-order chi connectivity index (χ1) is 10.7. The van der Waals surface area contributed by atoms with Crippen LogP contribution < -0.4 is 15.8 Å². The fourth-order valence-electron chi connectivity index (χ4n) is 2.14. The number of aryl methyl sites for hydroxylation is 1. The summed E-state index contributed by atoms with van der Waals surface area (Å²) >= 11 is 0. The van der Waals surface area contributed by atoms with Crippen molar-refractivity contribution in [2.75, 3.05) is 24.2 Å². The SMILES string of the molecule is CCCCCCNc1nc(CCC)nc(OCCCC)c1N. The van der Waals surface area contributed by atoms with Gasteiger partial charge in [0.1, 0.15) is 11.5 Å². The smallest absolute Gasteiger partial charge is 0.242 e. The highest BCUT2D eigenvalue weighted by molar-refractivity contribution is 5.66. The van der Waals surface area contributed by atoms with Crippen molar-refractivity contribution in [3.05, 3.63) is 5.82 Å². The molecule has 126 valence electrons. The summed E-state index contributed by atoms with van der Waals surface area (Å²) in [5.41, 5.74) is 6.69. The van der Waals surface area contributed by atoms with Gasteiger partial charge in [-0.1, -0.05) is 46.5 Å². The van der Waals surface area contributed by atoms with Crippen molar-refractivity contribution in [1.82, 2.24) is 9.97 Å². The molecule has 1 aromatic rings. The highest BCUT2D eigenvalue weighted by atomic mass is 16.5. The van der Waals surface area contributed by atoms with Crippen molar-refractivity contribution in [1.29, 1.82) is 0 Å². The van der Waals surface area contributed by atoms with Gasteiger partial charge in [-0.3, -0.25) is 0 Å². The minimum atomic E-state index is 0.531. The lowest BCUT2D eigenvalue weighted by Crippen LogP contribution is -2.12. The predicted octanol–water partition coefficient (Wildman–Crippen LogP) is 4.18. The third-order valence-electron chi connectivity index (χ3n) is 3.49. The summed E-state index contributed by atoms with van der Waals surface area (Å²) in [5.74, 6) is 2.06. The molecule has 0 atom stereocenters. The standard InChI is InChI=1S/C17H32N4O/c1-4-7-9-10-12-19-16-15(18)17(22-13-8-5-2)21-14(20-16)11-6-3/h4-13,18H2,1-3H3,(H,19,20,21). The Bertz CT molecular complexity index is 423. The fourth-order valence-corrected chi connectivity index (χ4v) is 2.14. The van der Waals surface area contributed by atoms with E-state index in [0.29, 0.717) is 18.2 Å². The summed E-state index contributed by atoms with van der Waals surface area (Å²) in [6.07, 6.45) is 8.83. The number of aromatic nitrogens is 2. The van der Waals surface area contributed by atoms with E-state index >= 15 is 0 Å². The average molecular weight is 308 g/mol. The van der Waals surface area contributed by atoms with Crippen LogP contribution in [0.2, 0.25) is 0 Å².